The Morgan fingerprint density at radius 3 is 1.83 bits per heavy atom. The zero-order valence-electron chi connectivity index (χ0n) is 14.1. The Balaban J connectivity index is 1.54. The fourth-order valence-corrected chi connectivity index (χ4v) is 3.80. The first kappa shape index (κ1) is 16.2. The van der Waals surface area contributed by atoms with Gasteiger partial charge in [-0.3, -0.25) is 0 Å². The van der Waals surface area contributed by atoms with Crippen LogP contribution in [0.4, 0.5) is 4.39 Å². The van der Waals surface area contributed by atoms with Crippen molar-refractivity contribution >= 4 is 0 Å². The fourth-order valence-electron chi connectivity index (χ4n) is 3.80. The molecule has 122 valence electrons. The van der Waals surface area contributed by atoms with Crippen molar-refractivity contribution in [2.45, 2.75) is 57.8 Å². The molecule has 0 bridgehead atoms. The highest BCUT2D eigenvalue weighted by Gasteiger charge is 2.20. The number of hydrogen-bond acceptors (Lipinski definition) is 0. The van der Waals surface area contributed by atoms with Gasteiger partial charge in [-0.25, -0.2) is 4.39 Å². The molecule has 1 aliphatic rings. The third-order valence-electron chi connectivity index (χ3n) is 5.49. The van der Waals surface area contributed by atoms with Gasteiger partial charge in [0.1, 0.15) is 5.82 Å². The first-order chi connectivity index (χ1) is 11.2. The first-order valence-corrected chi connectivity index (χ1v) is 9.08. The van der Waals surface area contributed by atoms with E-state index in [2.05, 4.69) is 31.2 Å². The van der Waals surface area contributed by atoms with Crippen molar-refractivity contribution in [3.63, 3.8) is 0 Å². The van der Waals surface area contributed by atoms with Crippen LogP contribution in [0.25, 0.3) is 0 Å². The average Bonchev–Trinajstić information content (AvgIpc) is 2.62. The van der Waals surface area contributed by atoms with Crippen LogP contribution in [0.1, 0.15) is 61.6 Å². The normalized spacial score (nSPS) is 21.3. The van der Waals surface area contributed by atoms with Gasteiger partial charge in [-0.05, 0) is 79.2 Å². The Labute approximate surface area is 139 Å². The molecule has 1 fully saturated rings. The van der Waals surface area contributed by atoms with Gasteiger partial charge in [-0.2, -0.15) is 0 Å². The highest BCUT2D eigenvalue weighted by Crippen LogP contribution is 2.36. The standard InChI is InChI=1S/C22H27F/c1-2-17-5-11-20(12-6-17)21-13-7-18(8-14-21)3-4-19-9-15-22(23)16-10-19/h7-10,13-17,20H,2-6,11-12H2,1H3/t17-,20-. The van der Waals surface area contributed by atoms with Crippen molar-refractivity contribution in [2.24, 2.45) is 5.92 Å². The molecule has 2 aromatic rings. The van der Waals surface area contributed by atoms with E-state index in [-0.39, 0.29) is 5.82 Å². The SMILES string of the molecule is CC[C@H]1CC[C@H](c2ccc(CCc3ccc(F)cc3)cc2)CC1. The molecule has 0 spiro atoms. The molecule has 1 saturated carbocycles. The summed E-state index contributed by atoms with van der Waals surface area (Å²) in [6.45, 7) is 2.32. The van der Waals surface area contributed by atoms with Gasteiger partial charge < -0.3 is 0 Å². The zero-order chi connectivity index (χ0) is 16.1. The lowest BCUT2D eigenvalue weighted by Gasteiger charge is -2.28. The van der Waals surface area contributed by atoms with E-state index in [1.165, 1.54) is 48.8 Å². The van der Waals surface area contributed by atoms with Crippen LogP contribution in [0.15, 0.2) is 48.5 Å². The van der Waals surface area contributed by atoms with Gasteiger partial charge >= 0.3 is 0 Å². The minimum absolute atomic E-state index is 0.157. The summed E-state index contributed by atoms with van der Waals surface area (Å²) in [6, 6.07) is 16.1. The van der Waals surface area contributed by atoms with Crippen LogP contribution in [0.3, 0.4) is 0 Å². The Morgan fingerprint density at radius 2 is 1.30 bits per heavy atom. The third kappa shape index (κ3) is 4.43. The summed E-state index contributed by atoms with van der Waals surface area (Å²) in [5.74, 6) is 1.57. The smallest absolute Gasteiger partial charge is 0.123 e. The van der Waals surface area contributed by atoms with E-state index in [1.807, 2.05) is 12.1 Å². The van der Waals surface area contributed by atoms with E-state index in [4.69, 9.17) is 0 Å². The summed E-state index contributed by atoms with van der Waals surface area (Å²) in [4.78, 5) is 0. The summed E-state index contributed by atoms with van der Waals surface area (Å²) in [6.07, 6.45) is 8.84. The molecule has 0 nitrogen and oxygen atoms in total. The summed E-state index contributed by atoms with van der Waals surface area (Å²) in [7, 11) is 0. The van der Waals surface area contributed by atoms with Crippen LogP contribution in [-0.2, 0) is 12.8 Å². The van der Waals surface area contributed by atoms with Crippen molar-refractivity contribution in [1.29, 1.82) is 0 Å². The molecule has 23 heavy (non-hydrogen) atoms. The summed E-state index contributed by atoms with van der Waals surface area (Å²) in [5, 5.41) is 0. The van der Waals surface area contributed by atoms with E-state index < -0.39 is 0 Å². The van der Waals surface area contributed by atoms with Crippen molar-refractivity contribution in [3.05, 3.63) is 71.0 Å². The molecule has 0 saturated heterocycles. The second-order valence-electron chi connectivity index (χ2n) is 6.99. The molecule has 0 unspecified atom stereocenters. The maximum atomic E-state index is 12.9. The molecule has 1 heteroatoms. The van der Waals surface area contributed by atoms with Gasteiger partial charge in [0, 0.05) is 0 Å². The number of hydrogen-bond donors (Lipinski definition) is 0. The monoisotopic (exact) mass is 310 g/mol. The molecule has 0 aliphatic heterocycles. The Bertz CT molecular complexity index is 589. The van der Waals surface area contributed by atoms with Crippen LogP contribution in [0.5, 0.6) is 0 Å². The summed E-state index contributed by atoms with van der Waals surface area (Å²) in [5.41, 5.74) is 4.10. The van der Waals surface area contributed by atoms with Crippen LogP contribution in [0.2, 0.25) is 0 Å². The Morgan fingerprint density at radius 1 is 0.783 bits per heavy atom. The Kier molecular flexibility index (Phi) is 5.48. The lowest BCUT2D eigenvalue weighted by atomic mass is 9.78. The molecule has 2 aromatic carbocycles. The molecular formula is C22H27F. The molecule has 0 atom stereocenters. The van der Waals surface area contributed by atoms with E-state index in [0.29, 0.717) is 0 Å². The van der Waals surface area contributed by atoms with Gasteiger partial charge in [0.25, 0.3) is 0 Å². The first-order valence-electron chi connectivity index (χ1n) is 9.08. The largest absolute Gasteiger partial charge is 0.207 e. The minimum Gasteiger partial charge on any atom is -0.207 e. The molecule has 3 rings (SSSR count). The predicted molar refractivity (Wildman–Crippen MR) is 95.2 cm³/mol. The highest BCUT2D eigenvalue weighted by molar-refractivity contribution is 5.27. The minimum atomic E-state index is -0.157. The average molecular weight is 310 g/mol. The van der Waals surface area contributed by atoms with E-state index in [0.717, 1.165) is 24.7 Å². The number of halogens is 1. The van der Waals surface area contributed by atoms with Crippen molar-refractivity contribution in [3.8, 4) is 0 Å². The number of aryl methyl sites for hydroxylation is 2. The lowest BCUT2D eigenvalue weighted by Crippen LogP contribution is -2.12. The molecule has 0 radical (unpaired) electrons. The quantitative estimate of drug-likeness (QED) is 0.608. The maximum absolute atomic E-state index is 12.9. The third-order valence-corrected chi connectivity index (χ3v) is 5.49. The van der Waals surface area contributed by atoms with Gasteiger partial charge in [-0.15, -0.1) is 0 Å². The van der Waals surface area contributed by atoms with Gasteiger partial charge in [0.05, 0.1) is 0 Å². The van der Waals surface area contributed by atoms with Crippen molar-refractivity contribution < 1.29 is 4.39 Å². The second kappa shape index (κ2) is 7.77. The van der Waals surface area contributed by atoms with Crippen molar-refractivity contribution in [2.75, 3.05) is 0 Å². The van der Waals surface area contributed by atoms with Gasteiger partial charge in [0.2, 0.25) is 0 Å². The topological polar surface area (TPSA) is 0 Å². The maximum Gasteiger partial charge on any atom is 0.123 e. The number of rotatable bonds is 5. The summed E-state index contributed by atoms with van der Waals surface area (Å²) >= 11 is 0. The second-order valence-corrected chi connectivity index (χ2v) is 6.99. The van der Waals surface area contributed by atoms with Gasteiger partial charge in [-0.1, -0.05) is 49.7 Å². The molecule has 0 N–H and O–H groups in total. The molecule has 0 aromatic heterocycles. The predicted octanol–water partition coefficient (Wildman–Crippen LogP) is 6.29. The fraction of sp³-hybridized carbons (Fsp3) is 0.455. The van der Waals surface area contributed by atoms with E-state index in [9.17, 15) is 4.39 Å². The number of benzene rings is 2. The van der Waals surface area contributed by atoms with Gasteiger partial charge in [0.15, 0.2) is 0 Å². The molecular weight excluding hydrogens is 283 g/mol. The summed E-state index contributed by atoms with van der Waals surface area (Å²) < 4.78 is 12.9. The van der Waals surface area contributed by atoms with Crippen LogP contribution in [0, 0.1) is 11.7 Å². The van der Waals surface area contributed by atoms with E-state index in [1.54, 1.807) is 12.1 Å². The lowest BCUT2D eigenvalue weighted by molar-refractivity contribution is 0.319. The van der Waals surface area contributed by atoms with E-state index >= 15 is 0 Å². The van der Waals surface area contributed by atoms with Crippen LogP contribution >= 0.6 is 0 Å². The highest BCUT2D eigenvalue weighted by atomic mass is 19.1. The van der Waals surface area contributed by atoms with Crippen LogP contribution < -0.4 is 0 Å². The van der Waals surface area contributed by atoms with Crippen LogP contribution in [-0.4, -0.2) is 0 Å². The Hall–Kier alpha value is -1.63. The zero-order valence-corrected chi connectivity index (χ0v) is 14.1. The molecule has 0 heterocycles. The molecule has 1 aliphatic carbocycles. The molecule has 0 amide bonds. The van der Waals surface area contributed by atoms with Crippen molar-refractivity contribution in [1.82, 2.24) is 0 Å².